The molecule has 0 saturated carbocycles. The van der Waals surface area contributed by atoms with Gasteiger partial charge in [0, 0.05) is 32.8 Å². The number of Topliss-reactive ketones (excluding diaryl/α,β-unsaturated/α-hetero) is 1. The molecule has 0 bridgehead atoms. The Kier molecular flexibility index (Phi) is 15.5. The molecule has 0 unspecified atom stereocenters. The Labute approximate surface area is 403 Å². The normalized spacial score (nSPS) is 13.8. The topological polar surface area (TPSA) is 289 Å². The van der Waals surface area contributed by atoms with E-state index in [0.29, 0.717) is 11.1 Å². The Balaban J connectivity index is 0.00000256. The molecule has 17 nitrogen and oxygen atoms in total. The summed E-state index contributed by atoms with van der Waals surface area (Å²) in [5.41, 5.74) is 8.85. The monoisotopic (exact) mass is 877 g/mol. The van der Waals surface area contributed by atoms with Gasteiger partial charge in [0.15, 0.2) is 0 Å². The molecule has 282 valence electrons. The van der Waals surface area contributed by atoms with Crippen molar-refractivity contribution >= 4 is 104 Å². The zero-order chi connectivity index (χ0) is 40.0. The molecule has 0 spiro atoms. The quantitative estimate of drug-likeness (QED) is 0.0514. The Morgan fingerprint density at radius 2 is 1.07 bits per heavy atom. The summed E-state index contributed by atoms with van der Waals surface area (Å²) >= 11 is 0. The molecule has 0 amide bonds. The predicted octanol–water partition coefficient (Wildman–Crippen LogP) is -2.22. The van der Waals surface area contributed by atoms with Gasteiger partial charge in [-0.3, -0.25) is 10.2 Å². The number of hydrogen-bond donors (Lipinski definition) is 2. The maximum absolute atomic E-state index is 13.4. The van der Waals surface area contributed by atoms with Gasteiger partial charge >= 0.3 is 88.7 Å². The second-order valence-corrected chi connectivity index (χ2v) is 16.1. The van der Waals surface area contributed by atoms with Crippen molar-refractivity contribution in [2.45, 2.75) is 9.79 Å². The summed E-state index contributed by atoms with van der Waals surface area (Å²) in [4.78, 5) is 11.3. The molecule has 7 rings (SSSR count). The summed E-state index contributed by atoms with van der Waals surface area (Å²) in [5.74, 6) is -0.936. The van der Waals surface area contributed by atoms with Crippen LogP contribution in [0.1, 0.15) is 15.9 Å². The smallest absolute Gasteiger partial charge is 0.744 e. The molecule has 0 fully saturated rings. The predicted molar refractivity (Wildman–Crippen MR) is 203 cm³/mol. The molecular weight excluding hydrogens is 856 g/mol. The Morgan fingerprint density at radius 3 is 1.64 bits per heavy atom. The van der Waals surface area contributed by atoms with E-state index in [2.05, 4.69) is 31.0 Å². The fraction of sp³-hybridized carbons (Fsp3) is 0. The van der Waals surface area contributed by atoms with E-state index in [1.54, 1.807) is 30.3 Å². The Morgan fingerprint density at radius 1 is 0.542 bits per heavy atom. The molecule has 23 heteroatoms. The van der Waals surface area contributed by atoms with Gasteiger partial charge in [-0.05, 0) is 84.4 Å². The molecule has 0 aliphatic heterocycles. The van der Waals surface area contributed by atoms with Crippen molar-refractivity contribution in [3.05, 3.63) is 125 Å². The van der Waals surface area contributed by atoms with Gasteiger partial charge in [-0.15, -0.1) is 15.3 Å². The largest absolute Gasteiger partial charge is 1.00 e. The van der Waals surface area contributed by atoms with Crippen LogP contribution >= 0.6 is 0 Å². The number of nitrogens with one attached hydrogen (secondary N) is 1. The van der Waals surface area contributed by atoms with Gasteiger partial charge in [0.25, 0.3) is 0 Å². The van der Waals surface area contributed by atoms with Crippen LogP contribution in [-0.2, 0) is 30.4 Å². The van der Waals surface area contributed by atoms with Crippen molar-refractivity contribution in [1.82, 2.24) is 0 Å². The maximum Gasteiger partial charge on any atom is 1.00 e. The second-order valence-electron chi connectivity index (χ2n) is 12.0. The van der Waals surface area contributed by atoms with E-state index in [9.17, 15) is 43.7 Å². The molecule has 0 saturated heterocycles. The standard InChI is InChI=1S/C36H25N7O10S3.3Na/c37-21-7-6-20-16-34(56(51,52)53)35(36(44)27(20)17-21)43-42-33-15-13-31(26-11-9-24(19-29(26)33)55(48,49)50)41-40-30-12-14-32(39-38-22-4-2-1-3-5-22)28-18-23(54(45,46)47)8-10-25(28)30;;;/h1-19,42H,37H2,(H,45,46,47)(H,48,49,50)(H,51,52,53);;;/q;3*+1/p-3/b39-38?,41-40?,43-35-;;;. The summed E-state index contributed by atoms with van der Waals surface area (Å²) in [7, 11) is -15.1. The molecule has 1 aliphatic carbocycles. The molecule has 0 atom stereocenters. The minimum atomic E-state index is -5.23. The van der Waals surface area contributed by atoms with Crippen LogP contribution in [0.5, 0.6) is 0 Å². The van der Waals surface area contributed by atoms with Crippen LogP contribution in [0.3, 0.4) is 0 Å². The molecule has 3 N–H and O–H groups in total. The SMILES string of the molecule is Nc1ccc2c(c1)C(=O)/C(=N\Nc1ccc(N=Nc3ccc(N=Nc4ccccc4)c4cc(S(=O)(=O)[O-])ccc34)c3ccc(S(=O)(=O)[O-])cc13)C(S(=O)(=O)[O-])=C2.[Na+].[Na+].[Na+]. The number of hydrazone groups is 1. The zero-order valence-corrected chi connectivity index (χ0v) is 39.5. The second kappa shape index (κ2) is 19.0. The van der Waals surface area contributed by atoms with Crippen molar-refractivity contribution in [3.8, 4) is 0 Å². The van der Waals surface area contributed by atoms with E-state index in [-0.39, 0.29) is 144 Å². The van der Waals surface area contributed by atoms with Crippen LogP contribution in [-0.4, -0.2) is 50.4 Å². The number of carbonyl (C=O) groups is 1. The fourth-order valence-corrected chi connectivity index (χ4v) is 7.39. The van der Waals surface area contributed by atoms with Crippen LogP contribution in [0.4, 0.5) is 34.1 Å². The number of nitrogens with two attached hydrogens (primary N) is 1. The average Bonchev–Trinajstić information content (AvgIpc) is 3.15. The summed E-state index contributed by atoms with van der Waals surface area (Å²) in [6.45, 7) is 0. The third-order valence-corrected chi connectivity index (χ3v) is 10.9. The van der Waals surface area contributed by atoms with E-state index >= 15 is 0 Å². The van der Waals surface area contributed by atoms with Crippen molar-refractivity contribution in [2.75, 3.05) is 11.2 Å². The van der Waals surface area contributed by atoms with Gasteiger partial charge in [-0.1, -0.05) is 36.4 Å². The van der Waals surface area contributed by atoms with Gasteiger partial charge in [-0.25, -0.2) is 25.3 Å². The van der Waals surface area contributed by atoms with Gasteiger partial charge in [0.1, 0.15) is 36.1 Å². The molecular formula is C36H22N7Na3O10S3. The third kappa shape index (κ3) is 10.7. The average molecular weight is 878 g/mol. The number of allylic oxidation sites excluding steroid dienone is 1. The van der Waals surface area contributed by atoms with E-state index < -0.39 is 56.5 Å². The number of ketones is 1. The number of hydrogen-bond acceptors (Lipinski definition) is 17. The van der Waals surface area contributed by atoms with Crippen LogP contribution in [0.15, 0.2) is 149 Å². The first-order valence-corrected chi connectivity index (χ1v) is 20.1. The molecule has 0 heterocycles. The first kappa shape index (κ1) is 48.1. The summed E-state index contributed by atoms with van der Waals surface area (Å²) < 4.78 is 108. The van der Waals surface area contributed by atoms with Crippen molar-refractivity contribution in [3.63, 3.8) is 0 Å². The number of rotatable bonds is 9. The van der Waals surface area contributed by atoms with Crippen LogP contribution in [0.25, 0.3) is 27.6 Å². The Bertz CT molecular complexity index is 3130. The number of azo groups is 2. The number of benzene rings is 6. The fourth-order valence-electron chi connectivity index (χ4n) is 5.75. The van der Waals surface area contributed by atoms with E-state index in [4.69, 9.17) is 5.73 Å². The Hall–Kier alpha value is -3.55. The van der Waals surface area contributed by atoms with Crippen molar-refractivity contribution in [1.29, 1.82) is 0 Å². The minimum absolute atomic E-state index is 0. The molecule has 1 aliphatic rings. The summed E-state index contributed by atoms with van der Waals surface area (Å²) in [6, 6.07) is 25.4. The number of nitrogen functional groups attached to an aromatic ring is 1. The van der Waals surface area contributed by atoms with E-state index in [0.717, 1.165) is 30.3 Å². The van der Waals surface area contributed by atoms with Crippen LogP contribution in [0.2, 0.25) is 0 Å². The first-order valence-electron chi connectivity index (χ1n) is 15.9. The summed E-state index contributed by atoms with van der Waals surface area (Å²) in [6.07, 6.45) is 0.978. The van der Waals surface area contributed by atoms with Crippen molar-refractivity contribution in [2.24, 2.45) is 25.6 Å². The van der Waals surface area contributed by atoms with Crippen LogP contribution in [0, 0.1) is 0 Å². The van der Waals surface area contributed by atoms with Gasteiger partial charge in [0.2, 0.25) is 5.78 Å². The molecule has 0 aromatic heterocycles. The van der Waals surface area contributed by atoms with E-state index in [1.165, 1.54) is 54.6 Å². The number of carbonyl (C=O) groups excluding carboxylic acids is 1. The zero-order valence-electron chi connectivity index (χ0n) is 31.1. The summed E-state index contributed by atoms with van der Waals surface area (Å²) in [5, 5.41) is 21.8. The van der Waals surface area contributed by atoms with Gasteiger partial charge in [0.05, 0.1) is 43.1 Å². The maximum atomic E-state index is 13.4. The molecule has 0 radical (unpaired) electrons. The van der Waals surface area contributed by atoms with Crippen LogP contribution < -0.4 is 99.8 Å². The van der Waals surface area contributed by atoms with Crippen molar-refractivity contribution < 1.29 is 132 Å². The molecule has 6 aromatic carbocycles. The first-order chi connectivity index (χ1) is 26.5. The minimum Gasteiger partial charge on any atom is -0.744 e. The number of fused-ring (bicyclic) bond motifs is 3. The molecule has 6 aromatic rings. The van der Waals surface area contributed by atoms with E-state index in [1.807, 2.05) is 0 Å². The number of anilines is 2. The molecule has 59 heavy (non-hydrogen) atoms. The number of nitrogens with zero attached hydrogens (tertiary/aromatic N) is 5. The third-order valence-electron chi connectivity index (χ3n) is 8.39. The van der Waals surface area contributed by atoms with Gasteiger partial charge in [-0.2, -0.15) is 10.2 Å². The van der Waals surface area contributed by atoms with Gasteiger partial charge < -0.3 is 19.4 Å².